The lowest BCUT2D eigenvalue weighted by Gasteiger charge is -2.18. The van der Waals surface area contributed by atoms with E-state index in [1.807, 2.05) is 0 Å². The van der Waals surface area contributed by atoms with Gasteiger partial charge in [-0.1, -0.05) is 23.9 Å². The van der Waals surface area contributed by atoms with Crippen LogP contribution >= 0.6 is 11.8 Å². The topological polar surface area (TPSA) is 74.6 Å². The molecule has 0 amide bonds. The smallest absolute Gasteiger partial charge is 0.185 e. The second kappa shape index (κ2) is 6.63. The van der Waals surface area contributed by atoms with Crippen LogP contribution in [0.25, 0.3) is 0 Å². The Hall–Kier alpha value is -1.24. The van der Waals surface area contributed by atoms with Crippen molar-refractivity contribution in [2.24, 2.45) is 0 Å². The molecule has 0 radical (unpaired) electrons. The zero-order chi connectivity index (χ0) is 13.7. The number of rotatable bonds is 5. The van der Waals surface area contributed by atoms with Crippen molar-refractivity contribution >= 4 is 23.2 Å². The molecule has 1 rings (SSSR count). The third kappa shape index (κ3) is 3.63. The van der Waals surface area contributed by atoms with Gasteiger partial charge in [0.15, 0.2) is 11.4 Å². The molecule has 0 saturated carbocycles. The van der Waals surface area contributed by atoms with Gasteiger partial charge in [-0.05, 0) is 6.07 Å². The number of aliphatic hydroxyl groups excluding tert-OH is 2. The fraction of sp³-hybridized carbons (Fsp3) is 0.333. The Bertz CT molecular complexity index is 450. The molecule has 2 N–H and O–H groups in total. The van der Waals surface area contributed by atoms with Crippen molar-refractivity contribution in [1.29, 1.82) is 0 Å². The van der Waals surface area contributed by atoms with Crippen LogP contribution in [-0.4, -0.2) is 33.5 Å². The third-order valence-corrected chi connectivity index (χ3v) is 3.24. The molecule has 98 valence electrons. The van der Waals surface area contributed by atoms with E-state index in [0.29, 0.717) is 6.29 Å². The quantitative estimate of drug-likeness (QED) is 0.791. The molecule has 4 nitrogen and oxygen atoms in total. The maximum absolute atomic E-state index is 13.7. The molecular weight excluding hydrogens is 259 g/mol. The van der Waals surface area contributed by atoms with Crippen molar-refractivity contribution in [2.45, 2.75) is 19.1 Å². The van der Waals surface area contributed by atoms with Crippen molar-refractivity contribution in [3.8, 4) is 0 Å². The molecule has 0 fully saturated rings. The zero-order valence-electron chi connectivity index (χ0n) is 9.67. The van der Waals surface area contributed by atoms with E-state index in [0.717, 1.165) is 11.8 Å². The van der Waals surface area contributed by atoms with Crippen LogP contribution in [0.1, 0.15) is 28.9 Å². The SMILES string of the molecule is CC(=O)SCC(O)C(O)c1cccc(C=O)c1F. The Labute approximate surface area is 108 Å². The largest absolute Gasteiger partial charge is 0.389 e. The van der Waals surface area contributed by atoms with Gasteiger partial charge in [-0.15, -0.1) is 0 Å². The Morgan fingerprint density at radius 1 is 1.50 bits per heavy atom. The summed E-state index contributed by atoms with van der Waals surface area (Å²) in [6, 6.07) is 3.97. The molecule has 2 unspecified atom stereocenters. The van der Waals surface area contributed by atoms with Crippen LogP contribution in [0.5, 0.6) is 0 Å². The van der Waals surface area contributed by atoms with Gasteiger partial charge >= 0.3 is 0 Å². The van der Waals surface area contributed by atoms with E-state index in [-0.39, 0.29) is 22.0 Å². The van der Waals surface area contributed by atoms with Crippen LogP contribution in [0.2, 0.25) is 0 Å². The second-order valence-corrected chi connectivity index (χ2v) is 4.88. The Morgan fingerprint density at radius 3 is 2.72 bits per heavy atom. The van der Waals surface area contributed by atoms with Gasteiger partial charge in [0.25, 0.3) is 0 Å². The normalized spacial score (nSPS) is 14.0. The van der Waals surface area contributed by atoms with E-state index >= 15 is 0 Å². The first-order valence-electron chi connectivity index (χ1n) is 5.20. The van der Waals surface area contributed by atoms with Crippen LogP contribution in [0.4, 0.5) is 4.39 Å². The highest BCUT2D eigenvalue weighted by Crippen LogP contribution is 2.24. The van der Waals surface area contributed by atoms with Gasteiger partial charge in [-0.3, -0.25) is 9.59 Å². The number of benzene rings is 1. The third-order valence-electron chi connectivity index (χ3n) is 2.33. The lowest BCUT2D eigenvalue weighted by atomic mass is 10.0. The number of hydrogen-bond acceptors (Lipinski definition) is 5. The van der Waals surface area contributed by atoms with Crippen molar-refractivity contribution in [3.05, 3.63) is 35.1 Å². The maximum Gasteiger partial charge on any atom is 0.185 e. The van der Waals surface area contributed by atoms with Crippen LogP contribution in [0, 0.1) is 5.82 Å². The average molecular weight is 272 g/mol. The van der Waals surface area contributed by atoms with Gasteiger partial charge in [0.05, 0.1) is 11.7 Å². The van der Waals surface area contributed by atoms with Crippen LogP contribution < -0.4 is 0 Å². The molecule has 6 heteroatoms. The van der Waals surface area contributed by atoms with Crippen molar-refractivity contribution in [3.63, 3.8) is 0 Å². The first-order valence-corrected chi connectivity index (χ1v) is 6.19. The summed E-state index contributed by atoms with van der Waals surface area (Å²) in [5.41, 5.74) is -0.339. The molecule has 0 bridgehead atoms. The molecule has 1 aromatic carbocycles. The molecule has 0 spiro atoms. The van der Waals surface area contributed by atoms with Crippen LogP contribution in [-0.2, 0) is 4.79 Å². The number of hydrogen-bond donors (Lipinski definition) is 2. The van der Waals surface area contributed by atoms with E-state index in [4.69, 9.17) is 0 Å². The van der Waals surface area contributed by atoms with Crippen molar-refractivity contribution in [1.82, 2.24) is 0 Å². The highest BCUT2D eigenvalue weighted by Gasteiger charge is 2.23. The minimum absolute atomic E-state index is 0.0404. The van der Waals surface area contributed by atoms with E-state index < -0.39 is 18.0 Å². The fourth-order valence-corrected chi connectivity index (χ4v) is 1.98. The van der Waals surface area contributed by atoms with Crippen LogP contribution in [0.15, 0.2) is 18.2 Å². The van der Waals surface area contributed by atoms with Gasteiger partial charge in [0.2, 0.25) is 0 Å². The standard InChI is InChI=1S/C12H13FO4S/c1-7(15)18-6-10(16)12(17)9-4-2-3-8(5-14)11(9)13/h2-5,10,12,16-17H,6H2,1H3. The first kappa shape index (κ1) is 14.8. The summed E-state index contributed by atoms with van der Waals surface area (Å²) in [7, 11) is 0. The molecule has 0 heterocycles. The summed E-state index contributed by atoms with van der Waals surface area (Å²) >= 11 is 0.837. The molecule has 0 saturated heterocycles. The minimum atomic E-state index is -1.48. The van der Waals surface area contributed by atoms with Crippen molar-refractivity contribution < 1.29 is 24.2 Å². The molecule has 18 heavy (non-hydrogen) atoms. The lowest BCUT2D eigenvalue weighted by Crippen LogP contribution is -2.22. The van der Waals surface area contributed by atoms with Gasteiger partial charge in [-0.2, -0.15) is 0 Å². The Morgan fingerprint density at radius 2 is 2.17 bits per heavy atom. The first-order chi connectivity index (χ1) is 8.47. The zero-order valence-corrected chi connectivity index (χ0v) is 10.5. The molecule has 2 atom stereocenters. The summed E-state index contributed by atoms with van der Waals surface area (Å²) in [6.07, 6.45) is -2.42. The summed E-state index contributed by atoms with van der Waals surface area (Å²) in [4.78, 5) is 21.3. The van der Waals surface area contributed by atoms with E-state index in [2.05, 4.69) is 0 Å². The summed E-state index contributed by atoms with van der Waals surface area (Å²) < 4.78 is 13.7. The predicted molar refractivity (Wildman–Crippen MR) is 65.9 cm³/mol. The summed E-state index contributed by atoms with van der Waals surface area (Å²) in [6.45, 7) is 1.33. The maximum atomic E-state index is 13.7. The number of carbonyl (C=O) groups is 2. The number of aldehydes is 1. The average Bonchev–Trinajstić information content (AvgIpc) is 2.35. The number of aliphatic hydroxyl groups is 2. The number of halogens is 1. The highest BCUT2D eigenvalue weighted by molar-refractivity contribution is 8.13. The molecule has 0 aliphatic heterocycles. The Kier molecular flexibility index (Phi) is 5.46. The van der Waals surface area contributed by atoms with E-state index in [1.165, 1.54) is 25.1 Å². The van der Waals surface area contributed by atoms with E-state index in [9.17, 15) is 24.2 Å². The van der Waals surface area contributed by atoms with Crippen molar-refractivity contribution in [2.75, 3.05) is 5.75 Å². The Balaban J connectivity index is 2.86. The number of thioether (sulfide) groups is 1. The predicted octanol–water partition coefficient (Wildman–Crippen LogP) is 1.31. The fourth-order valence-electron chi connectivity index (χ4n) is 1.39. The second-order valence-electron chi connectivity index (χ2n) is 3.68. The molecule has 1 aromatic rings. The monoisotopic (exact) mass is 272 g/mol. The highest BCUT2D eigenvalue weighted by atomic mass is 32.2. The van der Waals surface area contributed by atoms with E-state index in [1.54, 1.807) is 0 Å². The molecular formula is C12H13FO4S. The van der Waals surface area contributed by atoms with Gasteiger partial charge in [0.1, 0.15) is 11.9 Å². The van der Waals surface area contributed by atoms with Gasteiger partial charge in [-0.25, -0.2) is 4.39 Å². The minimum Gasteiger partial charge on any atom is -0.389 e. The molecule has 0 aliphatic rings. The van der Waals surface area contributed by atoms with Crippen LogP contribution in [0.3, 0.4) is 0 Å². The lowest BCUT2D eigenvalue weighted by molar-refractivity contribution is -0.109. The molecule has 0 aliphatic carbocycles. The van der Waals surface area contributed by atoms with Gasteiger partial charge in [0, 0.05) is 18.2 Å². The number of carbonyl (C=O) groups excluding carboxylic acids is 2. The van der Waals surface area contributed by atoms with Gasteiger partial charge < -0.3 is 10.2 Å². The molecule has 0 aromatic heterocycles. The summed E-state index contributed by atoms with van der Waals surface area (Å²) in [5.74, 6) is -0.895. The summed E-state index contributed by atoms with van der Waals surface area (Å²) in [5, 5.41) is 19.2.